The molecule has 0 aromatic carbocycles. The Morgan fingerprint density at radius 2 is 2.22 bits per heavy atom. The van der Waals surface area contributed by atoms with Crippen LogP contribution in [0.1, 0.15) is 5.82 Å². The monoisotopic (exact) mass is 270 g/mol. The van der Waals surface area contributed by atoms with E-state index in [9.17, 15) is 13.2 Å². The summed E-state index contributed by atoms with van der Waals surface area (Å²) in [6, 6.07) is 2.38. The van der Waals surface area contributed by atoms with Gasteiger partial charge in [0.2, 0.25) is 22.0 Å². The zero-order chi connectivity index (χ0) is 13.0. The lowest BCUT2D eigenvalue weighted by Crippen LogP contribution is -2.26. The van der Waals surface area contributed by atoms with Crippen molar-refractivity contribution in [2.24, 2.45) is 0 Å². The first-order valence-electron chi connectivity index (χ1n) is 5.01. The fourth-order valence-corrected chi connectivity index (χ4v) is 2.25. The second kappa shape index (κ2) is 5.10. The Bertz CT molecular complexity index is 642. The van der Waals surface area contributed by atoms with Crippen LogP contribution in [0.5, 0.6) is 0 Å². The molecular formula is C9H10N4O4S. The van der Waals surface area contributed by atoms with Crippen molar-refractivity contribution in [1.82, 2.24) is 19.8 Å². The quantitative estimate of drug-likeness (QED) is 0.740. The van der Waals surface area contributed by atoms with Gasteiger partial charge in [-0.25, -0.2) is 13.1 Å². The third-order valence-electron chi connectivity index (χ3n) is 2.11. The van der Waals surface area contributed by atoms with Crippen molar-refractivity contribution in [3.8, 4) is 0 Å². The van der Waals surface area contributed by atoms with Gasteiger partial charge in [0.1, 0.15) is 0 Å². The van der Waals surface area contributed by atoms with Gasteiger partial charge in [-0.1, -0.05) is 5.16 Å². The molecule has 0 aliphatic heterocycles. The Balaban J connectivity index is 1.99. The van der Waals surface area contributed by atoms with Crippen LogP contribution in [0.4, 0.5) is 0 Å². The van der Waals surface area contributed by atoms with E-state index in [1.54, 1.807) is 0 Å². The lowest BCUT2D eigenvalue weighted by molar-refractivity contribution is 0.410. The van der Waals surface area contributed by atoms with Gasteiger partial charge in [0, 0.05) is 25.2 Å². The Morgan fingerprint density at radius 1 is 1.39 bits per heavy atom. The van der Waals surface area contributed by atoms with Crippen molar-refractivity contribution in [2.45, 2.75) is 11.3 Å². The third-order valence-corrected chi connectivity index (χ3v) is 3.57. The highest BCUT2D eigenvalue weighted by Crippen LogP contribution is 2.03. The molecule has 2 rings (SSSR count). The molecule has 8 nitrogen and oxygen atoms in total. The van der Waals surface area contributed by atoms with E-state index in [1.807, 2.05) is 0 Å². The normalized spacial score (nSPS) is 11.6. The molecule has 0 aliphatic rings. The number of sulfonamides is 1. The summed E-state index contributed by atoms with van der Waals surface area (Å²) in [6.07, 6.45) is 2.63. The van der Waals surface area contributed by atoms with Crippen LogP contribution >= 0.6 is 0 Å². The van der Waals surface area contributed by atoms with Crippen molar-refractivity contribution in [2.75, 3.05) is 6.54 Å². The summed E-state index contributed by atoms with van der Waals surface area (Å²) in [4.78, 5) is 16.9. The Kier molecular flexibility index (Phi) is 3.53. The Labute approximate surface area is 102 Å². The molecule has 0 aliphatic carbocycles. The number of aromatic amines is 1. The fourth-order valence-electron chi connectivity index (χ4n) is 1.25. The zero-order valence-electron chi connectivity index (χ0n) is 9.16. The third kappa shape index (κ3) is 3.02. The van der Waals surface area contributed by atoms with Gasteiger partial charge in [-0.2, -0.15) is 4.98 Å². The van der Waals surface area contributed by atoms with Gasteiger partial charge < -0.3 is 9.51 Å². The molecule has 96 valence electrons. The summed E-state index contributed by atoms with van der Waals surface area (Å²) in [5, 5.41) is 3.55. The fraction of sp³-hybridized carbons (Fsp3) is 0.222. The van der Waals surface area contributed by atoms with Crippen LogP contribution < -0.4 is 10.3 Å². The number of H-pyrrole nitrogens is 1. The van der Waals surface area contributed by atoms with Gasteiger partial charge in [-0.15, -0.1) is 0 Å². The molecule has 2 aromatic rings. The van der Waals surface area contributed by atoms with E-state index in [4.69, 9.17) is 0 Å². The summed E-state index contributed by atoms with van der Waals surface area (Å²) in [7, 11) is -3.64. The average molecular weight is 270 g/mol. The van der Waals surface area contributed by atoms with Gasteiger partial charge in [0.25, 0.3) is 0 Å². The second-order valence-corrected chi connectivity index (χ2v) is 5.15. The molecule has 9 heteroatoms. The lowest BCUT2D eigenvalue weighted by Gasteiger charge is -2.04. The average Bonchev–Trinajstić information content (AvgIpc) is 2.82. The predicted molar refractivity (Wildman–Crippen MR) is 60.3 cm³/mol. The first kappa shape index (κ1) is 12.5. The smallest absolute Gasteiger partial charge is 0.247 e. The maximum absolute atomic E-state index is 11.8. The first-order chi connectivity index (χ1) is 8.58. The molecule has 0 radical (unpaired) electrons. The minimum absolute atomic E-state index is 0.00443. The van der Waals surface area contributed by atoms with Gasteiger partial charge in [0.15, 0.2) is 5.82 Å². The van der Waals surface area contributed by atoms with E-state index in [-0.39, 0.29) is 17.0 Å². The largest absolute Gasteiger partial charge is 0.343 e. The van der Waals surface area contributed by atoms with Gasteiger partial charge in [-0.05, 0) is 6.07 Å². The molecule has 0 fully saturated rings. The maximum Gasteiger partial charge on any atom is 0.247 e. The summed E-state index contributed by atoms with van der Waals surface area (Å²) >= 11 is 0. The number of pyridine rings is 1. The Morgan fingerprint density at radius 3 is 2.83 bits per heavy atom. The van der Waals surface area contributed by atoms with Crippen LogP contribution in [0.3, 0.4) is 0 Å². The molecule has 0 spiro atoms. The molecule has 0 bridgehead atoms. The highest BCUT2D eigenvalue weighted by molar-refractivity contribution is 7.89. The summed E-state index contributed by atoms with van der Waals surface area (Å²) in [5.74, 6) is 0.416. The number of nitrogens with one attached hydrogen (secondary N) is 2. The number of rotatable bonds is 5. The molecular weight excluding hydrogens is 260 g/mol. The van der Waals surface area contributed by atoms with Crippen LogP contribution in [-0.2, 0) is 16.4 Å². The maximum atomic E-state index is 11.8. The number of aromatic nitrogens is 3. The van der Waals surface area contributed by atoms with Crippen molar-refractivity contribution in [1.29, 1.82) is 0 Å². The molecule has 2 heterocycles. The van der Waals surface area contributed by atoms with Gasteiger partial charge in [0.05, 0.1) is 4.90 Å². The minimum Gasteiger partial charge on any atom is -0.343 e. The molecule has 0 unspecified atom stereocenters. The van der Waals surface area contributed by atoms with Crippen LogP contribution in [0.2, 0.25) is 0 Å². The number of hydrogen-bond donors (Lipinski definition) is 2. The molecule has 18 heavy (non-hydrogen) atoms. The number of hydrogen-bond acceptors (Lipinski definition) is 6. The molecule has 0 atom stereocenters. The molecule has 0 saturated heterocycles. The van der Waals surface area contributed by atoms with E-state index < -0.39 is 10.0 Å². The van der Waals surface area contributed by atoms with Crippen LogP contribution in [-0.4, -0.2) is 30.1 Å². The second-order valence-electron chi connectivity index (χ2n) is 3.38. The summed E-state index contributed by atoms with van der Waals surface area (Å²) < 4.78 is 30.4. The zero-order valence-corrected chi connectivity index (χ0v) is 9.98. The highest BCUT2D eigenvalue weighted by Gasteiger charge is 2.13. The van der Waals surface area contributed by atoms with Crippen LogP contribution in [0.25, 0.3) is 0 Å². The highest BCUT2D eigenvalue weighted by atomic mass is 32.2. The molecule has 2 aromatic heterocycles. The lowest BCUT2D eigenvalue weighted by atomic mass is 10.4. The van der Waals surface area contributed by atoms with E-state index in [0.29, 0.717) is 12.2 Å². The standard InChI is InChI=1S/C9H10N4O4S/c14-9-2-1-7(5-10-9)18(15,16)12-4-3-8-11-6-17-13-8/h1-2,5-6,12H,3-4H2,(H,10,14). The van der Waals surface area contributed by atoms with E-state index >= 15 is 0 Å². The molecule has 0 saturated carbocycles. The predicted octanol–water partition coefficient (Wildman–Crippen LogP) is -0.721. The minimum atomic E-state index is -3.64. The summed E-state index contributed by atoms with van der Waals surface area (Å²) in [5.41, 5.74) is -0.360. The SMILES string of the molecule is O=c1ccc(S(=O)(=O)NCCc2ncon2)c[nH]1. The van der Waals surface area contributed by atoms with Gasteiger partial charge >= 0.3 is 0 Å². The molecule has 0 amide bonds. The van der Waals surface area contributed by atoms with Crippen LogP contribution in [0.15, 0.2) is 38.9 Å². The Hall–Kier alpha value is -2.00. The molecule has 2 N–H and O–H groups in total. The summed E-state index contributed by atoms with van der Waals surface area (Å²) in [6.45, 7) is 0.140. The van der Waals surface area contributed by atoms with E-state index in [1.165, 1.54) is 12.5 Å². The van der Waals surface area contributed by atoms with Gasteiger partial charge in [-0.3, -0.25) is 4.79 Å². The van der Waals surface area contributed by atoms with Crippen molar-refractivity contribution in [3.63, 3.8) is 0 Å². The topological polar surface area (TPSA) is 118 Å². The van der Waals surface area contributed by atoms with Crippen LogP contribution in [0, 0.1) is 0 Å². The van der Waals surface area contributed by atoms with Crippen molar-refractivity contribution < 1.29 is 12.9 Å². The van der Waals surface area contributed by atoms with Crippen molar-refractivity contribution >= 4 is 10.0 Å². The number of nitrogens with zero attached hydrogens (tertiary/aromatic N) is 2. The van der Waals surface area contributed by atoms with E-state index in [2.05, 4.69) is 24.4 Å². The first-order valence-corrected chi connectivity index (χ1v) is 6.50. The van der Waals surface area contributed by atoms with Crippen molar-refractivity contribution in [3.05, 3.63) is 40.9 Å². The van der Waals surface area contributed by atoms with E-state index in [0.717, 1.165) is 12.3 Å².